The fraction of sp³-hybridized carbons (Fsp3) is 0.944. The van der Waals surface area contributed by atoms with Crippen LogP contribution in [0.25, 0.3) is 0 Å². The molecule has 5 atom stereocenters. The second kappa shape index (κ2) is 65.4. The van der Waals surface area contributed by atoms with Crippen molar-refractivity contribution in [2.75, 3.05) is 39.6 Å². The summed E-state index contributed by atoms with van der Waals surface area (Å²) in [5.41, 5.74) is 0. The molecule has 0 aromatic rings. The molecule has 0 rings (SSSR count). The number of phosphoric ester groups is 2. The molecule has 0 aliphatic rings. The second-order valence-corrected chi connectivity index (χ2v) is 29.4. The van der Waals surface area contributed by atoms with Gasteiger partial charge in [0.15, 0.2) is 12.2 Å². The van der Waals surface area contributed by atoms with E-state index in [1.54, 1.807) is 0 Å². The smallest absolute Gasteiger partial charge is 0.462 e. The van der Waals surface area contributed by atoms with Gasteiger partial charge in [0.1, 0.15) is 19.3 Å². The van der Waals surface area contributed by atoms with E-state index < -0.39 is 97.5 Å². The lowest BCUT2D eigenvalue weighted by atomic mass is 10.0. The Labute approximate surface area is 556 Å². The monoisotopic (exact) mass is 1340 g/mol. The second-order valence-electron chi connectivity index (χ2n) is 26.5. The summed E-state index contributed by atoms with van der Waals surface area (Å²) in [5.74, 6) is -1.37. The van der Waals surface area contributed by atoms with Crippen LogP contribution in [0, 0.1) is 5.92 Å². The predicted octanol–water partition coefficient (Wildman–Crippen LogP) is 20.9. The van der Waals surface area contributed by atoms with Gasteiger partial charge in [-0.15, -0.1) is 0 Å². The first kappa shape index (κ1) is 89.1. The molecule has 0 heterocycles. The van der Waals surface area contributed by atoms with Gasteiger partial charge in [-0.25, -0.2) is 9.13 Å². The van der Waals surface area contributed by atoms with Crippen LogP contribution in [-0.2, 0) is 65.4 Å². The van der Waals surface area contributed by atoms with Crippen molar-refractivity contribution in [1.29, 1.82) is 0 Å². The van der Waals surface area contributed by atoms with Crippen LogP contribution in [0.15, 0.2) is 0 Å². The third-order valence-electron chi connectivity index (χ3n) is 16.8. The summed E-state index contributed by atoms with van der Waals surface area (Å²) < 4.78 is 68.3. The van der Waals surface area contributed by atoms with Crippen molar-refractivity contribution in [1.82, 2.24) is 0 Å². The lowest BCUT2D eigenvalue weighted by Crippen LogP contribution is -2.30. The van der Waals surface area contributed by atoms with Gasteiger partial charge in [0.2, 0.25) is 0 Å². The maximum Gasteiger partial charge on any atom is 0.472 e. The predicted molar refractivity (Wildman–Crippen MR) is 368 cm³/mol. The zero-order valence-electron chi connectivity index (χ0n) is 59.0. The van der Waals surface area contributed by atoms with Crippen LogP contribution in [0.3, 0.4) is 0 Å². The Hall–Kier alpha value is -1.94. The summed E-state index contributed by atoms with van der Waals surface area (Å²) in [5, 5.41) is 10.6. The van der Waals surface area contributed by atoms with Crippen LogP contribution in [0.2, 0.25) is 0 Å². The number of aliphatic hydroxyl groups is 1. The first-order valence-corrected chi connectivity index (χ1v) is 40.6. The summed E-state index contributed by atoms with van der Waals surface area (Å²) in [6.45, 7) is 7.22. The minimum absolute atomic E-state index is 0.106. The van der Waals surface area contributed by atoms with Gasteiger partial charge in [-0.05, 0) is 31.6 Å². The molecule has 0 aromatic heterocycles. The lowest BCUT2D eigenvalue weighted by Gasteiger charge is -2.21. The number of unbranched alkanes of at least 4 members (excludes halogenated alkanes) is 44. The van der Waals surface area contributed by atoms with Crippen molar-refractivity contribution in [2.24, 2.45) is 5.92 Å². The Morgan fingerprint density at radius 3 is 0.747 bits per heavy atom. The largest absolute Gasteiger partial charge is 0.472 e. The van der Waals surface area contributed by atoms with Gasteiger partial charge in [0, 0.05) is 25.7 Å². The van der Waals surface area contributed by atoms with Crippen molar-refractivity contribution < 1.29 is 80.2 Å². The molecular weight excluding hydrogens is 1200 g/mol. The summed E-state index contributed by atoms with van der Waals surface area (Å²) >= 11 is 0. The molecular formula is C72H140O17P2. The van der Waals surface area contributed by atoms with Crippen molar-refractivity contribution in [2.45, 2.75) is 393 Å². The van der Waals surface area contributed by atoms with E-state index in [2.05, 4.69) is 34.6 Å². The van der Waals surface area contributed by atoms with Crippen molar-refractivity contribution in [3.05, 3.63) is 0 Å². The molecule has 17 nitrogen and oxygen atoms in total. The molecule has 19 heteroatoms. The number of carbonyl (C=O) groups is 4. The highest BCUT2D eigenvalue weighted by Gasteiger charge is 2.30. The molecule has 0 aromatic carbocycles. The first-order chi connectivity index (χ1) is 44.0. The van der Waals surface area contributed by atoms with Crippen LogP contribution < -0.4 is 0 Å². The van der Waals surface area contributed by atoms with E-state index in [9.17, 15) is 43.2 Å². The van der Waals surface area contributed by atoms with Crippen LogP contribution in [0.5, 0.6) is 0 Å². The Kier molecular flexibility index (Phi) is 64.0. The van der Waals surface area contributed by atoms with E-state index in [0.717, 1.165) is 109 Å². The highest BCUT2D eigenvalue weighted by atomic mass is 31.2. The summed E-state index contributed by atoms with van der Waals surface area (Å²) in [4.78, 5) is 72.5. The van der Waals surface area contributed by atoms with Gasteiger partial charge in [0.05, 0.1) is 26.4 Å². The first-order valence-electron chi connectivity index (χ1n) is 37.6. The Bertz CT molecular complexity index is 1750. The number of esters is 4. The van der Waals surface area contributed by atoms with Gasteiger partial charge < -0.3 is 33.8 Å². The Morgan fingerprint density at radius 1 is 0.297 bits per heavy atom. The van der Waals surface area contributed by atoms with Crippen molar-refractivity contribution >= 4 is 39.5 Å². The zero-order chi connectivity index (χ0) is 67.0. The summed E-state index contributed by atoms with van der Waals surface area (Å²) in [7, 11) is -9.90. The van der Waals surface area contributed by atoms with Gasteiger partial charge in [0.25, 0.3) is 0 Å². The molecule has 0 radical (unpaired) electrons. The van der Waals surface area contributed by atoms with Gasteiger partial charge in [-0.2, -0.15) is 0 Å². The minimum atomic E-state index is -4.95. The maximum atomic E-state index is 13.0. The van der Waals surface area contributed by atoms with E-state index in [-0.39, 0.29) is 25.7 Å². The molecule has 2 unspecified atom stereocenters. The number of aliphatic hydroxyl groups excluding tert-OH is 1. The molecule has 91 heavy (non-hydrogen) atoms. The van der Waals surface area contributed by atoms with Gasteiger partial charge in [-0.3, -0.25) is 37.3 Å². The highest BCUT2D eigenvalue weighted by Crippen LogP contribution is 2.45. The average Bonchev–Trinajstić information content (AvgIpc) is 3.52. The molecule has 0 aliphatic carbocycles. The van der Waals surface area contributed by atoms with E-state index in [0.29, 0.717) is 25.7 Å². The summed E-state index contributed by atoms with van der Waals surface area (Å²) in [6.07, 6.45) is 52.8. The molecule has 0 saturated heterocycles. The molecule has 540 valence electrons. The van der Waals surface area contributed by atoms with Gasteiger partial charge >= 0.3 is 39.5 Å². The zero-order valence-corrected chi connectivity index (χ0v) is 60.8. The molecule has 0 aliphatic heterocycles. The van der Waals surface area contributed by atoms with Gasteiger partial charge in [-0.1, -0.05) is 324 Å². The standard InChI is InChI=1S/C72H140O17P2/c1-6-9-12-15-18-20-22-24-26-27-28-30-32-37-42-47-52-57-71(76)89-68(62-83-70(75)56-51-46-41-36-31-29-25-23-21-19-16-13-10-7-2)64-87-91(80,81)85-60-66(73)59-84-90(78,79)86-63-67(61-82-69(74)55-50-45-39-17-14-11-8-3)88-72(77)58-53-48-43-38-34-33-35-40-44-49-54-65(4)5/h65-68,73H,6-64H2,1-5H3,(H,78,79)(H,80,81)/t66-,67+,68+/m0/s1. The molecule has 0 saturated carbocycles. The maximum absolute atomic E-state index is 13.0. The van der Waals surface area contributed by atoms with Crippen LogP contribution >= 0.6 is 15.6 Å². The average molecular weight is 1340 g/mol. The van der Waals surface area contributed by atoms with Crippen molar-refractivity contribution in [3.8, 4) is 0 Å². The molecule has 0 fully saturated rings. The number of ether oxygens (including phenoxy) is 4. The fourth-order valence-corrected chi connectivity index (χ4v) is 12.6. The highest BCUT2D eigenvalue weighted by molar-refractivity contribution is 7.47. The summed E-state index contributed by atoms with van der Waals surface area (Å²) in [6, 6.07) is 0. The third kappa shape index (κ3) is 66.5. The fourth-order valence-electron chi connectivity index (χ4n) is 11.0. The van der Waals surface area contributed by atoms with Crippen LogP contribution in [-0.4, -0.2) is 96.7 Å². The normalized spacial score (nSPS) is 14.0. The van der Waals surface area contributed by atoms with Crippen molar-refractivity contribution in [3.63, 3.8) is 0 Å². The molecule has 0 bridgehead atoms. The SMILES string of the molecule is CCCCCCCCCCCCCCCCCCCC(=O)O[C@H](COC(=O)CCCCCCCCCCCCCCCC)COP(=O)(O)OC[C@@H](O)COP(=O)(O)OC[C@@H](COC(=O)CCCCCCCCC)OC(=O)CCCCCCCCCCCCC(C)C. The Balaban J connectivity index is 5.20. The van der Waals surface area contributed by atoms with E-state index in [1.165, 1.54) is 186 Å². The van der Waals surface area contributed by atoms with E-state index >= 15 is 0 Å². The number of hydrogen-bond acceptors (Lipinski definition) is 15. The lowest BCUT2D eigenvalue weighted by molar-refractivity contribution is -0.161. The molecule has 3 N–H and O–H groups in total. The quantitative estimate of drug-likeness (QED) is 0.0222. The topological polar surface area (TPSA) is 237 Å². The Morgan fingerprint density at radius 2 is 0.505 bits per heavy atom. The number of carbonyl (C=O) groups excluding carboxylic acids is 4. The molecule has 0 amide bonds. The third-order valence-corrected chi connectivity index (χ3v) is 18.7. The number of rotatable bonds is 72. The minimum Gasteiger partial charge on any atom is -0.462 e. The van der Waals surface area contributed by atoms with E-state index in [1.807, 2.05) is 0 Å². The van der Waals surface area contributed by atoms with E-state index in [4.69, 9.17) is 37.0 Å². The number of phosphoric acid groups is 2. The number of hydrogen-bond donors (Lipinski definition) is 3. The molecule has 0 spiro atoms. The van der Waals surface area contributed by atoms with Crippen LogP contribution in [0.1, 0.15) is 375 Å². The van der Waals surface area contributed by atoms with Crippen LogP contribution in [0.4, 0.5) is 0 Å².